The highest BCUT2D eigenvalue weighted by molar-refractivity contribution is 5.83. The summed E-state index contributed by atoms with van der Waals surface area (Å²) in [5, 5.41) is 0. The molecule has 0 bridgehead atoms. The molecule has 0 unspecified atom stereocenters. The first-order valence-electron chi connectivity index (χ1n) is 5.26. The molecule has 0 aliphatic heterocycles. The van der Waals surface area contributed by atoms with E-state index in [1.807, 2.05) is 0 Å². The van der Waals surface area contributed by atoms with Gasteiger partial charge in [-0.25, -0.2) is 0 Å². The summed E-state index contributed by atoms with van der Waals surface area (Å²) in [5.74, 6) is 0.700. The Kier molecular flexibility index (Phi) is 3.51. The summed E-state index contributed by atoms with van der Waals surface area (Å²) in [7, 11) is 0. The number of benzene rings is 1. The maximum Gasteiger partial charge on any atom is 0.0987 e. The number of rotatable bonds is 2. The molecule has 2 N–H and O–H groups in total. The van der Waals surface area contributed by atoms with E-state index < -0.39 is 0 Å². The van der Waals surface area contributed by atoms with Gasteiger partial charge in [0.15, 0.2) is 0 Å². The zero-order valence-corrected chi connectivity index (χ0v) is 10.0. The van der Waals surface area contributed by atoms with Crippen LogP contribution in [0.15, 0.2) is 29.3 Å². The highest BCUT2D eigenvalue weighted by Gasteiger charge is 2.08. The van der Waals surface area contributed by atoms with E-state index in [4.69, 9.17) is 5.73 Å². The summed E-state index contributed by atoms with van der Waals surface area (Å²) in [5.41, 5.74) is 8.27. The molecule has 1 rings (SSSR count). The minimum Gasteiger partial charge on any atom is -0.387 e. The Morgan fingerprint density at radius 3 is 2.20 bits per heavy atom. The van der Waals surface area contributed by atoms with Crippen LogP contribution < -0.4 is 5.73 Å². The lowest BCUT2D eigenvalue weighted by Crippen LogP contribution is -2.22. The minimum absolute atomic E-state index is 0.0885. The second kappa shape index (κ2) is 4.47. The lowest BCUT2D eigenvalue weighted by Gasteiger charge is -2.13. The van der Waals surface area contributed by atoms with Crippen molar-refractivity contribution in [2.24, 2.45) is 10.7 Å². The number of amidine groups is 1. The zero-order chi connectivity index (χ0) is 11.5. The number of nitrogens with zero attached hydrogens (tertiary/aromatic N) is 1. The number of nitrogens with two attached hydrogens (primary N) is 1. The Hall–Kier alpha value is -1.31. The molecule has 0 amide bonds. The number of hydrogen-bond donors (Lipinski definition) is 1. The van der Waals surface area contributed by atoms with Crippen molar-refractivity contribution in [2.45, 2.75) is 39.7 Å². The van der Waals surface area contributed by atoms with Gasteiger partial charge in [0.05, 0.1) is 11.4 Å². The predicted molar refractivity (Wildman–Crippen MR) is 66.3 cm³/mol. The Morgan fingerprint density at radius 1 is 1.20 bits per heavy atom. The summed E-state index contributed by atoms with van der Waals surface area (Å²) >= 11 is 0. The monoisotopic (exact) mass is 204 g/mol. The fourth-order valence-corrected chi connectivity index (χ4v) is 1.39. The van der Waals surface area contributed by atoms with Crippen LogP contribution in [0.2, 0.25) is 0 Å². The average Bonchev–Trinajstić information content (AvgIpc) is 2.05. The second-order valence-electron chi connectivity index (χ2n) is 4.94. The molecule has 82 valence electrons. The molecule has 1 aromatic rings. The SMILES string of the molecule is Cc1ccc(CC(N)=NC(C)(C)C)cc1. The Morgan fingerprint density at radius 2 is 1.73 bits per heavy atom. The van der Waals surface area contributed by atoms with Crippen molar-refractivity contribution in [3.8, 4) is 0 Å². The second-order valence-corrected chi connectivity index (χ2v) is 4.94. The number of hydrogen-bond acceptors (Lipinski definition) is 1. The van der Waals surface area contributed by atoms with Crippen molar-refractivity contribution in [2.75, 3.05) is 0 Å². The molecule has 0 spiro atoms. The normalized spacial score (nSPS) is 12.9. The van der Waals surface area contributed by atoms with E-state index in [2.05, 4.69) is 57.0 Å². The first-order chi connectivity index (χ1) is 6.87. The fraction of sp³-hybridized carbons (Fsp3) is 0.462. The van der Waals surface area contributed by atoms with Crippen molar-refractivity contribution >= 4 is 5.84 Å². The van der Waals surface area contributed by atoms with Crippen LogP contribution in [-0.2, 0) is 6.42 Å². The molecule has 1 aromatic carbocycles. The molecule has 0 saturated heterocycles. The molecule has 2 nitrogen and oxygen atoms in total. The van der Waals surface area contributed by atoms with Gasteiger partial charge in [-0.15, -0.1) is 0 Å². The van der Waals surface area contributed by atoms with Gasteiger partial charge in [-0.05, 0) is 33.3 Å². The largest absolute Gasteiger partial charge is 0.387 e. The molecule has 0 radical (unpaired) electrons. The van der Waals surface area contributed by atoms with Gasteiger partial charge in [0.2, 0.25) is 0 Å². The van der Waals surface area contributed by atoms with E-state index in [-0.39, 0.29) is 5.54 Å². The van der Waals surface area contributed by atoms with Gasteiger partial charge in [-0.2, -0.15) is 0 Å². The Bertz CT molecular complexity index is 342. The summed E-state index contributed by atoms with van der Waals surface area (Å²) in [6.45, 7) is 8.23. The van der Waals surface area contributed by atoms with Gasteiger partial charge in [-0.1, -0.05) is 29.8 Å². The van der Waals surface area contributed by atoms with Crippen LogP contribution in [0.4, 0.5) is 0 Å². The summed E-state index contributed by atoms with van der Waals surface area (Å²) < 4.78 is 0. The molecule has 0 saturated carbocycles. The third-order valence-electron chi connectivity index (χ3n) is 1.98. The van der Waals surface area contributed by atoms with Crippen LogP contribution in [-0.4, -0.2) is 11.4 Å². The molecule has 0 aromatic heterocycles. The van der Waals surface area contributed by atoms with E-state index in [1.165, 1.54) is 11.1 Å². The third-order valence-corrected chi connectivity index (χ3v) is 1.98. The smallest absolute Gasteiger partial charge is 0.0987 e. The predicted octanol–water partition coefficient (Wildman–Crippen LogP) is 2.69. The highest BCUT2D eigenvalue weighted by Crippen LogP contribution is 2.08. The van der Waals surface area contributed by atoms with Crippen molar-refractivity contribution in [1.82, 2.24) is 0 Å². The van der Waals surface area contributed by atoms with Gasteiger partial charge in [0.25, 0.3) is 0 Å². The highest BCUT2D eigenvalue weighted by atomic mass is 14.9. The van der Waals surface area contributed by atoms with Crippen molar-refractivity contribution in [1.29, 1.82) is 0 Å². The topological polar surface area (TPSA) is 38.4 Å². The summed E-state index contributed by atoms with van der Waals surface area (Å²) in [4.78, 5) is 4.42. The van der Waals surface area contributed by atoms with E-state index >= 15 is 0 Å². The number of aliphatic imine (C=N–C) groups is 1. The van der Waals surface area contributed by atoms with Crippen LogP contribution >= 0.6 is 0 Å². The van der Waals surface area contributed by atoms with E-state index in [0.29, 0.717) is 5.84 Å². The van der Waals surface area contributed by atoms with Crippen LogP contribution in [0.25, 0.3) is 0 Å². The Balaban J connectivity index is 2.70. The maximum atomic E-state index is 5.88. The van der Waals surface area contributed by atoms with E-state index in [0.717, 1.165) is 6.42 Å². The van der Waals surface area contributed by atoms with Crippen molar-refractivity contribution in [3.63, 3.8) is 0 Å². The van der Waals surface area contributed by atoms with Crippen LogP contribution in [0.3, 0.4) is 0 Å². The third kappa shape index (κ3) is 4.63. The molecule has 15 heavy (non-hydrogen) atoms. The molecular weight excluding hydrogens is 184 g/mol. The molecule has 2 heteroatoms. The van der Waals surface area contributed by atoms with Gasteiger partial charge in [-0.3, -0.25) is 4.99 Å². The first-order valence-corrected chi connectivity index (χ1v) is 5.26. The van der Waals surface area contributed by atoms with Gasteiger partial charge < -0.3 is 5.73 Å². The van der Waals surface area contributed by atoms with Crippen molar-refractivity contribution < 1.29 is 0 Å². The fourth-order valence-electron chi connectivity index (χ4n) is 1.39. The lowest BCUT2D eigenvalue weighted by molar-refractivity contribution is 0.581. The quantitative estimate of drug-likeness (QED) is 0.584. The summed E-state index contributed by atoms with van der Waals surface area (Å²) in [6, 6.07) is 8.39. The van der Waals surface area contributed by atoms with Crippen LogP contribution in [0, 0.1) is 6.92 Å². The average molecular weight is 204 g/mol. The molecular formula is C13H20N2. The van der Waals surface area contributed by atoms with Crippen molar-refractivity contribution in [3.05, 3.63) is 35.4 Å². The number of aryl methyl sites for hydroxylation is 1. The van der Waals surface area contributed by atoms with Gasteiger partial charge >= 0.3 is 0 Å². The molecule has 0 heterocycles. The maximum absolute atomic E-state index is 5.88. The van der Waals surface area contributed by atoms with Crippen LogP contribution in [0.1, 0.15) is 31.9 Å². The Labute approximate surface area is 92.2 Å². The van der Waals surface area contributed by atoms with Gasteiger partial charge in [0.1, 0.15) is 0 Å². The first kappa shape index (κ1) is 11.8. The molecule has 0 fully saturated rings. The zero-order valence-electron chi connectivity index (χ0n) is 10.0. The molecule has 0 atom stereocenters. The van der Waals surface area contributed by atoms with Gasteiger partial charge in [0, 0.05) is 6.42 Å². The summed E-state index contributed by atoms with van der Waals surface area (Å²) in [6.07, 6.45) is 0.734. The van der Waals surface area contributed by atoms with E-state index in [9.17, 15) is 0 Å². The van der Waals surface area contributed by atoms with Crippen LogP contribution in [0.5, 0.6) is 0 Å². The lowest BCUT2D eigenvalue weighted by atomic mass is 10.1. The minimum atomic E-state index is -0.0885. The van der Waals surface area contributed by atoms with E-state index in [1.54, 1.807) is 0 Å². The molecule has 0 aliphatic carbocycles. The standard InChI is InChI=1S/C13H20N2/c1-10-5-7-11(8-6-10)9-12(14)15-13(2,3)4/h5-8H,9H2,1-4H3,(H2,14,15). The molecule has 0 aliphatic rings.